The standard InChI is InChI=1S/C33H44N8O2S/c1-24-36-18-19-41(24)23-27-13-9-12-26(20-27)21-30(42)37-29(35)17-16-28(34)14-7-8-15-32-40(2)39-33(44-32)38-31(43-3)22-25-10-5-4-6-11-25/h4-6,9-13,16-20,31-32H,7-8,14-15,21-23,34-35H2,1-3H3,(H,37,42)(H,38,39)/b28-16-,29-17+. The number of ether oxygens (including phenoxy) is 1. The summed E-state index contributed by atoms with van der Waals surface area (Å²) in [4.78, 5) is 21.6. The normalized spacial score (nSPS) is 17.5. The first-order valence-corrected chi connectivity index (χ1v) is 15.7. The number of carbonyl (C=O) groups is 1. The van der Waals surface area contributed by atoms with E-state index in [0.717, 1.165) is 59.9 Å². The fraction of sp³-hybridized carbons (Fsp3) is 0.364. The zero-order valence-electron chi connectivity index (χ0n) is 25.8. The molecule has 2 atom stereocenters. The van der Waals surface area contributed by atoms with Crippen molar-refractivity contribution in [3.05, 3.63) is 113 Å². The molecule has 10 nitrogen and oxygen atoms in total. The van der Waals surface area contributed by atoms with Crippen LogP contribution in [0.3, 0.4) is 0 Å². The Morgan fingerprint density at radius 2 is 1.91 bits per heavy atom. The van der Waals surface area contributed by atoms with Crippen molar-refractivity contribution >= 4 is 22.8 Å². The summed E-state index contributed by atoms with van der Waals surface area (Å²) in [5.74, 6) is 1.05. The minimum absolute atomic E-state index is 0.173. The van der Waals surface area contributed by atoms with Gasteiger partial charge in [0, 0.05) is 45.2 Å². The molecule has 1 saturated heterocycles. The molecule has 2 heterocycles. The molecule has 0 bridgehead atoms. The zero-order chi connectivity index (χ0) is 31.3. The summed E-state index contributed by atoms with van der Waals surface area (Å²) >= 11 is 1.72. The van der Waals surface area contributed by atoms with Crippen molar-refractivity contribution < 1.29 is 9.53 Å². The lowest BCUT2D eigenvalue weighted by atomic mass is 10.1. The number of nitrogens with one attached hydrogen (secondary N) is 2. The van der Waals surface area contributed by atoms with Crippen molar-refractivity contribution in [3.63, 3.8) is 0 Å². The van der Waals surface area contributed by atoms with Gasteiger partial charge in [-0.25, -0.2) is 15.0 Å². The molecule has 0 saturated carbocycles. The van der Waals surface area contributed by atoms with Gasteiger partial charge in [-0.2, -0.15) is 0 Å². The van der Waals surface area contributed by atoms with E-state index in [9.17, 15) is 4.79 Å². The van der Waals surface area contributed by atoms with E-state index in [1.807, 2.05) is 62.6 Å². The number of imidazole rings is 1. The maximum Gasteiger partial charge on any atom is 0.229 e. The van der Waals surface area contributed by atoms with Crippen LogP contribution >= 0.6 is 11.8 Å². The van der Waals surface area contributed by atoms with Crippen LogP contribution in [0.15, 0.2) is 95.7 Å². The van der Waals surface area contributed by atoms with E-state index in [-0.39, 0.29) is 29.8 Å². The molecular weight excluding hydrogens is 572 g/mol. The number of nitrogens with zero attached hydrogens (tertiary/aromatic N) is 4. The Kier molecular flexibility index (Phi) is 12.5. The van der Waals surface area contributed by atoms with Crippen LogP contribution in [-0.2, 0) is 28.9 Å². The molecule has 0 aliphatic carbocycles. The number of hydrogen-bond donors (Lipinski definition) is 4. The number of carbonyl (C=O) groups excluding carboxylic acids is 1. The molecule has 1 fully saturated rings. The molecule has 0 spiro atoms. The molecule has 44 heavy (non-hydrogen) atoms. The molecule has 4 rings (SSSR count). The highest BCUT2D eigenvalue weighted by molar-refractivity contribution is 8.14. The number of hydrogen-bond acceptors (Lipinski definition) is 8. The quantitative estimate of drug-likeness (QED) is 0.148. The number of methoxy groups -OCH3 is 1. The van der Waals surface area contributed by atoms with Gasteiger partial charge in [0.05, 0.1) is 11.8 Å². The summed E-state index contributed by atoms with van der Waals surface area (Å²) in [5.41, 5.74) is 19.6. The molecule has 1 amide bonds. The van der Waals surface area contributed by atoms with Gasteiger partial charge in [0.1, 0.15) is 11.6 Å². The highest BCUT2D eigenvalue weighted by Crippen LogP contribution is 2.27. The smallest absolute Gasteiger partial charge is 0.229 e. The number of unbranched alkanes of at least 4 members (excludes halogenated alkanes) is 1. The Morgan fingerprint density at radius 1 is 1.14 bits per heavy atom. The van der Waals surface area contributed by atoms with E-state index >= 15 is 0 Å². The van der Waals surface area contributed by atoms with Crippen LogP contribution in [0.4, 0.5) is 0 Å². The van der Waals surface area contributed by atoms with Crippen molar-refractivity contribution in [2.45, 2.75) is 63.6 Å². The Hall–Kier alpha value is -4.06. The zero-order valence-corrected chi connectivity index (χ0v) is 26.6. The molecule has 2 aromatic carbocycles. The van der Waals surface area contributed by atoms with Gasteiger partial charge >= 0.3 is 0 Å². The summed E-state index contributed by atoms with van der Waals surface area (Å²) in [5, 5.41) is 6.01. The van der Waals surface area contributed by atoms with E-state index < -0.39 is 0 Å². The van der Waals surface area contributed by atoms with Gasteiger partial charge in [-0.1, -0.05) is 72.8 Å². The third kappa shape index (κ3) is 10.6. The van der Waals surface area contributed by atoms with Gasteiger partial charge in [-0.05, 0) is 55.0 Å². The number of thioether (sulfide) groups is 1. The van der Waals surface area contributed by atoms with Crippen molar-refractivity contribution in [2.75, 3.05) is 14.2 Å². The molecule has 6 N–H and O–H groups in total. The topological polar surface area (TPSA) is 136 Å². The van der Waals surface area contributed by atoms with Crippen LogP contribution in [-0.4, -0.2) is 51.4 Å². The SMILES string of the molecule is COC(Cc1ccccc1)/N=C1/NN(C)C(CCCC/C(N)=C/C=C(\N)NC(=O)Cc2cccc(Cn3ccnc3C)c2)S1. The largest absolute Gasteiger partial charge is 0.402 e. The Labute approximate surface area is 264 Å². The lowest BCUT2D eigenvalue weighted by Gasteiger charge is -2.16. The van der Waals surface area contributed by atoms with Crippen molar-refractivity contribution in [2.24, 2.45) is 16.5 Å². The molecule has 0 radical (unpaired) electrons. The number of aryl methyl sites for hydroxylation is 1. The minimum Gasteiger partial charge on any atom is -0.402 e. The predicted octanol–water partition coefficient (Wildman–Crippen LogP) is 4.18. The summed E-state index contributed by atoms with van der Waals surface area (Å²) in [6.45, 7) is 2.68. The first kappa shape index (κ1) is 32.8. The van der Waals surface area contributed by atoms with E-state index in [1.54, 1.807) is 37.2 Å². The number of amidine groups is 1. The van der Waals surface area contributed by atoms with Gasteiger partial charge in [-0.15, -0.1) is 0 Å². The molecule has 1 aliphatic heterocycles. The van der Waals surface area contributed by atoms with Crippen molar-refractivity contribution in [1.82, 2.24) is 25.3 Å². The average Bonchev–Trinajstić information content (AvgIpc) is 3.57. The summed E-state index contributed by atoms with van der Waals surface area (Å²) < 4.78 is 7.67. The number of aromatic nitrogens is 2. The maximum absolute atomic E-state index is 12.6. The van der Waals surface area contributed by atoms with Crippen molar-refractivity contribution in [1.29, 1.82) is 0 Å². The summed E-state index contributed by atoms with van der Waals surface area (Å²) in [6, 6.07) is 18.2. The second-order valence-electron chi connectivity index (χ2n) is 10.9. The highest BCUT2D eigenvalue weighted by Gasteiger charge is 2.27. The summed E-state index contributed by atoms with van der Waals surface area (Å²) in [7, 11) is 3.73. The summed E-state index contributed by atoms with van der Waals surface area (Å²) in [6.07, 6.45) is 11.6. The van der Waals surface area contributed by atoms with Crippen LogP contribution in [0.25, 0.3) is 0 Å². The molecule has 2 unspecified atom stereocenters. The van der Waals surface area contributed by atoms with Crippen LogP contribution in [0.2, 0.25) is 0 Å². The van der Waals surface area contributed by atoms with E-state index in [4.69, 9.17) is 21.2 Å². The minimum atomic E-state index is -0.233. The van der Waals surface area contributed by atoms with Gasteiger partial charge in [0.15, 0.2) is 11.4 Å². The van der Waals surface area contributed by atoms with Gasteiger partial charge in [-0.3, -0.25) is 10.2 Å². The van der Waals surface area contributed by atoms with Gasteiger partial charge in [0.25, 0.3) is 0 Å². The Morgan fingerprint density at radius 3 is 2.66 bits per heavy atom. The van der Waals surface area contributed by atoms with Gasteiger partial charge < -0.3 is 26.1 Å². The lowest BCUT2D eigenvalue weighted by molar-refractivity contribution is -0.119. The molecule has 1 aromatic heterocycles. The fourth-order valence-corrected chi connectivity index (χ4v) is 5.99. The Balaban J connectivity index is 1.16. The number of aliphatic imine (C=N–C) groups is 1. The third-order valence-corrected chi connectivity index (χ3v) is 8.54. The van der Waals surface area contributed by atoms with E-state index in [0.29, 0.717) is 6.54 Å². The monoisotopic (exact) mass is 616 g/mol. The number of hydrazine groups is 1. The highest BCUT2D eigenvalue weighted by atomic mass is 32.2. The van der Waals surface area contributed by atoms with E-state index in [2.05, 4.69) is 37.4 Å². The average molecular weight is 617 g/mol. The first-order chi connectivity index (χ1) is 21.3. The Bertz CT molecular complexity index is 1450. The van der Waals surface area contributed by atoms with Crippen LogP contribution in [0.5, 0.6) is 0 Å². The third-order valence-electron chi connectivity index (χ3n) is 7.30. The molecule has 3 aromatic rings. The second-order valence-corrected chi connectivity index (χ2v) is 12.0. The number of nitrogens with two attached hydrogens (primary N) is 2. The fourth-order valence-electron chi connectivity index (χ4n) is 4.86. The lowest BCUT2D eigenvalue weighted by Crippen LogP contribution is -2.34. The van der Waals surface area contributed by atoms with Crippen LogP contribution in [0.1, 0.15) is 48.2 Å². The van der Waals surface area contributed by atoms with Gasteiger partial charge in [0.2, 0.25) is 5.91 Å². The molecule has 1 aliphatic rings. The number of allylic oxidation sites excluding steroid dienone is 3. The molecule has 11 heteroatoms. The van der Waals surface area contributed by atoms with Crippen LogP contribution in [0, 0.1) is 6.92 Å². The van der Waals surface area contributed by atoms with E-state index in [1.165, 1.54) is 5.56 Å². The van der Waals surface area contributed by atoms with Crippen LogP contribution < -0.4 is 22.2 Å². The first-order valence-electron chi connectivity index (χ1n) is 14.9. The van der Waals surface area contributed by atoms with Crippen molar-refractivity contribution in [3.8, 4) is 0 Å². The number of rotatable bonds is 15. The predicted molar refractivity (Wildman–Crippen MR) is 178 cm³/mol. The number of benzene rings is 2. The number of amides is 1. The maximum atomic E-state index is 12.6. The second kappa shape index (κ2) is 16.7. The molecule has 234 valence electrons. The molecular formula is C33H44N8O2S.